The lowest BCUT2D eigenvalue weighted by Crippen LogP contribution is -2.31. The van der Waals surface area contributed by atoms with Crippen LogP contribution in [0.3, 0.4) is 0 Å². The predicted octanol–water partition coefficient (Wildman–Crippen LogP) is 3.49. The Morgan fingerprint density at radius 1 is 1.00 bits per heavy atom. The molecule has 1 aliphatic heterocycles. The summed E-state index contributed by atoms with van der Waals surface area (Å²) in [4.78, 5) is 14.5. The van der Waals surface area contributed by atoms with Gasteiger partial charge < -0.3 is 14.8 Å². The topological polar surface area (TPSA) is 37.3 Å². The predicted molar refractivity (Wildman–Crippen MR) is 104 cm³/mol. The van der Waals surface area contributed by atoms with Crippen LogP contribution in [-0.2, 0) is 6.54 Å². The SMILES string of the molecule is Cc1ccc(=O)n(Cc2ccc(NCCCN3CCCCC3)cc2)c1. The van der Waals surface area contributed by atoms with Crippen LogP contribution in [0.2, 0.25) is 0 Å². The van der Waals surface area contributed by atoms with Crippen molar-refractivity contribution in [2.45, 2.75) is 39.2 Å². The smallest absolute Gasteiger partial charge is 0.250 e. The van der Waals surface area contributed by atoms with Gasteiger partial charge in [-0.1, -0.05) is 24.6 Å². The average molecular weight is 339 g/mol. The molecule has 0 unspecified atom stereocenters. The lowest BCUT2D eigenvalue weighted by atomic mass is 10.1. The van der Waals surface area contributed by atoms with Gasteiger partial charge in [-0.15, -0.1) is 0 Å². The number of aromatic nitrogens is 1. The number of benzene rings is 1. The van der Waals surface area contributed by atoms with Crippen molar-refractivity contribution < 1.29 is 0 Å². The molecule has 134 valence electrons. The minimum absolute atomic E-state index is 0.0468. The highest BCUT2D eigenvalue weighted by atomic mass is 16.1. The minimum Gasteiger partial charge on any atom is -0.385 e. The van der Waals surface area contributed by atoms with E-state index in [-0.39, 0.29) is 5.56 Å². The fraction of sp³-hybridized carbons (Fsp3) is 0.476. The number of aryl methyl sites for hydroxylation is 1. The van der Waals surface area contributed by atoms with Crippen molar-refractivity contribution in [2.75, 3.05) is 31.5 Å². The van der Waals surface area contributed by atoms with Crippen molar-refractivity contribution in [2.24, 2.45) is 0 Å². The van der Waals surface area contributed by atoms with E-state index < -0.39 is 0 Å². The quantitative estimate of drug-likeness (QED) is 0.785. The summed E-state index contributed by atoms with van der Waals surface area (Å²) in [6.45, 7) is 7.37. The summed E-state index contributed by atoms with van der Waals surface area (Å²) in [6.07, 6.45) is 7.21. The Balaban J connectivity index is 1.45. The first-order valence-electron chi connectivity index (χ1n) is 9.43. The molecule has 0 atom stereocenters. The molecule has 1 aromatic carbocycles. The normalized spacial score (nSPS) is 15.2. The van der Waals surface area contributed by atoms with Crippen LogP contribution in [0.5, 0.6) is 0 Å². The number of piperidine rings is 1. The van der Waals surface area contributed by atoms with E-state index in [0.717, 1.165) is 23.4 Å². The van der Waals surface area contributed by atoms with Gasteiger partial charge in [-0.05, 0) is 69.1 Å². The highest BCUT2D eigenvalue weighted by Gasteiger charge is 2.08. The molecule has 0 aliphatic carbocycles. The van der Waals surface area contributed by atoms with E-state index in [1.54, 1.807) is 10.6 Å². The molecule has 0 amide bonds. The first-order valence-corrected chi connectivity index (χ1v) is 9.43. The fourth-order valence-electron chi connectivity index (χ4n) is 3.42. The van der Waals surface area contributed by atoms with E-state index in [4.69, 9.17) is 0 Å². The largest absolute Gasteiger partial charge is 0.385 e. The maximum absolute atomic E-state index is 11.9. The van der Waals surface area contributed by atoms with E-state index in [1.165, 1.54) is 45.3 Å². The summed E-state index contributed by atoms with van der Waals surface area (Å²) in [6, 6.07) is 11.9. The Morgan fingerprint density at radius 3 is 2.52 bits per heavy atom. The molecule has 0 saturated carbocycles. The molecule has 1 fully saturated rings. The number of hydrogen-bond acceptors (Lipinski definition) is 3. The van der Waals surface area contributed by atoms with Gasteiger partial charge in [0.1, 0.15) is 0 Å². The number of rotatable bonds is 7. The van der Waals surface area contributed by atoms with Gasteiger partial charge in [-0.2, -0.15) is 0 Å². The molecule has 4 heteroatoms. The molecule has 1 saturated heterocycles. The van der Waals surface area contributed by atoms with Crippen LogP contribution < -0.4 is 10.9 Å². The van der Waals surface area contributed by atoms with Crippen LogP contribution in [0.15, 0.2) is 47.4 Å². The van der Waals surface area contributed by atoms with E-state index in [2.05, 4.69) is 34.5 Å². The number of anilines is 1. The summed E-state index contributed by atoms with van der Waals surface area (Å²) in [5.41, 5.74) is 3.45. The van der Waals surface area contributed by atoms with E-state index >= 15 is 0 Å². The summed E-state index contributed by atoms with van der Waals surface area (Å²) >= 11 is 0. The van der Waals surface area contributed by atoms with Crippen LogP contribution >= 0.6 is 0 Å². The molecule has 1 aliphatic rings. The second kappa shape index (κ2) is 8.86. The molecule has 1 aromatic heterocycles. The molecule has 0 spiro atoms. The van der Waals surface area contributed by atoms with Gasteiger partial charge in [-0.3, -0.25) is 4.79 Å². The number of likely N-dealkylation sites (tertiary alicyclic amines) is 1. The molecule has 0 bridgehead atoms. The molecule has 3 rings (SSSR count). The molecular formula is C21H29N3O. The van der Waals surface area contributed by atoms with Crippen LogP contribution in [0.4, 0.5) is 5.69 Å². The number of hydrogen-bond donors (Lipinski definition) is 1. The third-order valence-corrected chi connectivity index (χ3v) is 4.87. The Kier molecular flexibility index (Phi) is 6.29. The second-order valence-corrected chi connectivity index (χ2v) is 7.05. The maximum Gasteiger partial charge on any atom is 0.250 e. The van der Waals surface area contributed by atoms with Crippen molar-refractivity contribution in [3.05, 3.63) is 64.1 Å². The number of pyridine rings is 1. The van der Waals surface area contributed by atoms with Crippen molar-refractivity contribution in [3.63, 3.8) is 0 Å². The van der Waals surface area contributed by atoms with Crippen LogP contribution in [0.1, 0.15) is 36.8 Å². The highest BCUT2D eigenvalue weighted by Crippen LogP contribution is 2.12. The lowest BCUT2D eigenvalue weighted by Gasteiger charge is -2.26. The van der Waals surface area contributed by atoms with Gasteiger partial charge in [0, 0.05) is 24.5 Å². The van der Waals surface area contributed by atoms with Crippen LogP contribution in [-0.4, -0.2) is 35.6 Å². The second-order valence-electron chi connectivity index (χ2n) is 7.05. The number of nitrogens with zero attached hydrogens (tertiary/aromatic N) is 2. The molecule has 1 N–H and O–H groups in total. The third-order valence-electron chi connectivity index (χ3n) is 4.87. The maximum atomic E-state index is 11.9. The molecular weight excluding hydrogens is 310 g/mol. The van der Waals surface area contributed by atoms with Gasteiger partial charge in [0.2, 0.25) is 0 Å². The number of nitrogens with one attached hydrogen (secondary N) is 1. The minimum atomic E-state index is 0.0468. The van der Waals surface area contributed by atoms with E-state index in [9.17, 15) is 4.79 Å². The fourth-order valence-corrected chi connectivity index (χ4v) is 3.42. The van der Waals surface area contributed by atoms with E-state index in [0.29, 0.717) is 6.54 Å². The van der Waals surface area contributed by atoms with Gasteiger partial charge in [0.05, 0.1) is 6.54 Å². The zero-order chi connectivity index (χ0) is 17.5. The first-order chi connectivity index (χ1) is 12.2. The summed E-state index contributed by atoms with van der Waals surface area (Å²) < 4.78 is 1.76. The molecule has 2 aromatic rings. The Hall–Kier alpha value is -2.07. The standard InChI is InChI=1S/C21H29N3O/c1-18-6-11-21(25)24(16-18)17-19-7-9-20(10-8-19)22-12-5-15-23-13-3-2-4-14-23/h6-11,16,22H,2-5,12-15,17H2,1H3. The zero-order valence-corrected chi connectivity index (χ0v) is 15.2. The molecule has 0 radical (unpaired) electrons. The molecule has 2 heterocycles. The van der Waals surface area contributed by atoms with Crippen molar-refractivity contribution in [1.82, 2.24) is 9.47 Å². The van der Waals surface area contributed by atoms with Gasteiger partial charge in [-0.25, -0.2) is 0 Å². The summed E-state index contributed by atoms with van der Waals surface area (Å²) in [7, 11) is 0. The monoisotopic (exact) mass is 339 g/mol. The van der Waals surface area contributed by atoms with Crippen molar-refractivity contribution >= 4 is 5.69 Å². The van der Waals surface area contributed by atoms with Gasteiger partial charge >= 0.3 is 0 Å². The van der Waals surface area contributed by atoms with E-state index in [1.807, 2.05) is 19.2 Å². The van der Waals surface area contributed by atoms with Crippen molar-refractivity contribution in [3.8, 4) is 0 Å². The van der Waals surface area contributed by atoms with Gasteiger partial charge in [0.15, 0.2) is 0 Å². The molecule has 25 heavy (non-hydrogen) atoms. The summed E-state index contributed by atoms with van der Waals surface area (Å²) in [5, 5.41) is 3.50. The van der Waals surface area contributed by atoms with Crippen LogP contribution in [0, 0.1) is 6.92 Å². The average Bonchev–Trinajstić information content (AvgIpc) is 2.64. The third kappa shape index (κ3) is 5.46. The Bertz CT molecular complexity index is 715. The highest BCUT2D eigenvalue weighted by molar-refractivity contribution is 5.44. The summed E-state index contributed by atoms with van der Waals surface area (Å²) in [5.74, 6) is 0. The Labute approximate surface area is 150 Å². The van der Waals surface area contributed by atoms with Gasteiger partial charge in [0.25, 0.3) is 5.56 Å². The zero-order valence-electron chi connectivity index (χ0n) is 15.2. The van der Waals surface area contributed by atoms with Crippen molar-refractivity contribution in [1.29, 1.82) is 0 Å². The Morgan fingerprint density at radius 2 is 1.76 bits per heavy atom. The first kappa shape index (κ1) is 17.7. The lowest BCUT2D eigenvalue weighted by molar-refractivity contribution is 0.228. The van der Waals surface area contributed by atoms with Crippen LogP contribution in [0.25, 0.3) is 0 Å². The molecule has 4 nitrogen and oxygen atoms in total.